The number of anilines is 1. The van der Waals surface area contributed by atoms with Crippen LogP contribution in [0.1, 0.15) is 26.5 Å². The number of hydrogen-bond donors (Lipinski definition) is 2. The van der Waals surface area contributed by atoms with Crippen LogP contribution in [-0.2, 0) is 6.54 Å². The van der Waals surface area contributed by atoms with E-state index in [1.165, 1.54) is 6.07 Å². The van der Waals surface area contributed by atoms with Gasteiger partial charge >= 0.3 is 5.88 Å². The molecule has 1 heterocycles. The van der Waals surface area contributed by atoms with Crippen LogP contribution in [0.4, 0.5) is 11.6 Å². The van der Waals surface area contributed by atoms with Crippen molar-refractivity contribution in [2.24, 2.45) is 0 Å². The lowest BCUT2D eigenvalue weighted by atomic mass is 10.1. The number of nitro groups is 1. The number of amides is 2. The van der Waals surface area contributed by atoms with Gasteiger partial charge in [-0.2, -0.15) is 0 Å². The summed E-state index contributed by atoms with van der Waals surface area (Å²) < 4.78 is 4.87. The summed E-state index contributed by atoms with van der Waals surface area (Å²) in [4.78, 5) is 34.6. The molecule has 2 N–H and O–H groups in total. The number of rotatable bonds is 6. The third kappa shape index (κ3) is 4.37. The van der Waals surface area contributed by atoms with Crippen molar-refractivity contribution < 1.29 is 18.9 Å². The van der Waals surface area contributed by atoms with Gasteiger partial charge in [0.1, 0.15) is 4.92 Å². The Labute approximate surface area is 154 Å². The maximum atomic E-state index is 12.5. The third-order valence-corrected chi connectivity index (χ3v) is 3.71. The average Bonchev–Trinajstić information content (AvgIpc) is 3.18. The van der Waals surface area contributed by atoms with E-state index in [2.05, 4.69) is 10.6 Å². The smallest absolute Gasteiger partial charge is 0.395 e. The number of carbonyl (C=O) groups is 2. The summed E-state index contributed by atoms with van der Waals surface area (Å²) in [5, 5.41) is 16.0. The van der Waals surface area contributed by atoms with Gasteiger partial charge in [0.05, 0.1) is 17.3 Å². The molecular formula is C19H15N3O5. The van der Waals surface area contributed by atoms with E-state index in [9.17, 15) is 19.7 Å². The van der Waals surface area contributed by atoms with Crippen LogP contribution in [0.15, 0.2) is 71.1 Å². The number of furan rings is 1. The number of nitrogens with zero attached hydrogens (tertiary/aromatic N) is 1. The van der Waals surface area contributed by atoms with Crippen molar-refractivity contribution in [3.8, 4) is 0 Å². The Balaban J connectivity index is 1.72. The summed E-state index contributed by atoms with van der Waals surface area (Å²) in [5.41, 5.74) is 1.48. The second kappa shape index (κ2) is 7.96. The van der Waals surface area contributed by atoms with Crippen molar-refractivity contribution in [2.45, 2.75) is 6.54 Å². The van der Waals surface area contributed by atoms with Crippen LogP contribution >= 0.6 is 0 Å². The molecule has 3 rings (SSSR count). The maximum absolute atomic E-state index is 12.5. The molecule has 0 spiro atoms. The van der Waals surface area contributed by atoms with Crippen molar-refractivity contribution in [2.75, 3.05) is 5.32 Å². The molecule has 0 fully saturated rings. The third-order valence-electron chi connectivity index (χ3n) is 3.71. The summed E-state index contributed by atoms with van der Waals surface area (Å²) in [5.74, 6) is -1.80. The molecule has 3 aromatic rings. The highest BCUT2D eigenvalue weighted by Crippen LogP contribution is 2.19. The Hall–Kier alpha value is -3.94. The molecule has 0 bridgehead atoms. The first-order valence-corrected chi connectivity index (χ1v) is 8.01. The Morgan fingerprint density at radius 3 is 2.33 bits per heavy atom. The second-order valence-corrected chi connectivity index (χ2v) is 5.56. The summed E-state index contributed by atoms with van der Waals surface area (Å²) in [6.45, 7) is 0.340. The van der Waals surface area contributed by atoms with Crippen LogP contribution in [0.5, 0.6) is 0 Å². The molecule has 0 unspecified atom stereocenters. The average molecular weight is 365 g/mol. The van der Waals surface area contributed by atoms with Crippen molar-refractivity contribution in [3.63, 3.8) is 0 Å². The van der Waals surface area contributed by atoms with Gasteiger partial charge in [0, 0.05) is 6.54 Å². The largest absolute Gasteiger partial charge is 0.433 e. The molecule has 0 saturated heterocycles. The van der Waals surface area contributed by atoms with E-state index >= 15 is 0 Å². The fourth-order valence-electron chi connectivity index (χ4n) is 2.40. The molecule has 0 aliphatic heterocycles. The first-order chi connectivity index (χ1) is 13.0. The molecule has 0 atom stereocenters. The first kappa shape index (κ1) is 17.9. The molecule has 2 aromatic carbocycles. The van der Waals surface area contributed by atoms with Gasteiger partial charge in [0.15, 0.2) is 5.76 Å². The fourth-order valence-corrected chi connectivity index (χ4v) is 2.40. The Morgan fingerprint density at radius 1 is 0.926 bits per heavy atom. The van der Waals surface area contributed by atoms with Gasteiger partial charge in [-0.3, -0.25) is 19.7 Å². The zero-order chi connectivity index (χ0) is 19.2. The van der Waals surface area contributed by atoms with Crippen molar-refractivity contribution in [3.05, 3.63) is 93.7 Å². The molecule has 0 saturated carbocycles. The molecule has 136 valence electrons. The van der Waals surface area contributed by atoms with Gasteiger partial charge < -0.3 is 15.1 Å². The van der Waals surface area contributed by atoms with Gasteiger partial charge in [-0.25, -0.2) is 0 Å². The lowest BCUT2D eigenvalue weighted by molar-refractivity contribution is -0.402. The topological polar surface area (TPSA) is 114 Å². The van der Waals surface area contributed by atoms with Gasteiger partial charge in [-0.15, -0.1) is 0 Å². The van der Waals surface area contributed by atoms with Gasteiger partial charge in [0.2, 0.25) is 0 Å². The number of nitrogens with one attached hydrogen (secondary N) is 2. The predicted molar refractivity (Wildman–Crippen MR) is 97.4 cm³/mol. The Kier molecular flexibility index (Phi) is 5.27. The monoisotopic (exact) mass is 365 g/mol. The van der Waals surface area contributed by atoms with Gasteiger partial charge in [-0.05, 0) is 23.8 Å². The number of hydrogen-bond acceptors (Lipinski definition) is 5. The first-order valence-electron chi connectivity index (χ1n) is 8.01. The molecule has 0 aliphatic carbocycles. The molecule has 0 radical (unpaired) electrons. The van der Waals surface area contributed by atoms with Crippen LogP contribution in [-0.4, -0.2) is 16.7 Å². The highest BCUT2D eigenvalue weighted by atomic mass is 16.6. The van der Waals surface area contributed by atoms with Crippen molar-refractivity contribution >= 4 is 23.4 Å². The second-order valence-electron chi connectivity index (χ2n) is 5.56. The van der Waals surface area contributed by atoms with E-state index in [-0.39, 0.29) is 22.9 Å². The standard InChI is InChI=1S/C19H15N3O5/c23-18(20-12-13-6-2-1-3-7-13)14-8-4-5-9-15(14)21-19(24)16-10-11-17(27-16)22(25)26/h1-11H,12H2,(H,20,23)(H,21,24). The van der Waals surface area contributed by atoms with Gasteiger partial charge in [-0.1, -0.05) is 42.5 Å². The summed E-state index contributed by atoms with van der Waals surface area (Å²) in [6, 6.07) is 18.2. The minimum atomic E-state index is -0.734. The number of benzene rings is 2. The fraction of sp³-hybridized carbons (Fsp3) is 0.0526. The van der Waals surface area contributed by atoms with E-state index in [4.69, 9.17) is 4.42 Å². The predicted octanol–water partition coefficient (Wildman–Crippen LogP) is 3.37. The van der Waals surface area contributed by atoms with Crippen LogP contribution in [0.3, 0.4) is 0 Å². The molecule has 1 aromatic heterocycles. The van der Waals surface area contributed by atoms with Crippen LogP contribution in [0, 0.1) is 10.1 Å². The zero-order valence-corrected chi connectivity index (χ0v) is 14.0. The van der Waals surface area contributed by atoms with E-state index in [1.807, 2.05) is 30.3 Å². The normalized spacial score (nSPS) is 10.2. The van der Waals surface area contributed by atoms with Crippen LogP contribution in [0.25, 0.3) is 0 Å². The molecule has 2 amide bonds. The lowest BCUT2D eigenvalue weighted by Gasteiger charge is -2.11. The molecule has 0 aliphatic rings. The molecule has 27 heavy (non-hydrogen) atoms. The maximum Gasteiger partial charge on any atom is 0.433 e. The summed E-state index contributed by atoms with van der Waals surface area (Å²) in [6.07, 6.45) is 0. The Bertz CT molecular complexity index is 982. The van der Waals surface area contributed by atoms with Crippen molar-refractivity contribution in [1.29, 1.82) is 0 Å². The lowest BCUT2D eigenvalue weighted by Crippen LogP contribution is -2.24. The highest BCUT2D eigenvalue weighted by Gasteiger charge is 2.19. The van der Waals surface area contributed by atoms with E-state index < -0.39 is 16.7 Å². The number of para-hydroxylation sites is 1. The van der Waals surface area contributed by atoms with Crippen LogP contribution in [0.2, 0.25) is 0 Å². The molecule has 8 heteroatoms. The minimum Gasteiger partial charge on any atom is -0.395 e. The van der Waals surface area contributed by atoms with Gasteiger partial charge in [0.25, 0.3) is 11.8 Å². The zero-order valence-electron chi connectivity index (χ0n) is 14.0. The van der Waals surface area contributed by atoms with E-state index in [0.29, 0.717) is 6.54 Å². The molecule has 8 nitrogen and oxygen atoms in total. The van der Waals surface area contributed by atoms with Crippen molar-refractivity contribution in [1.82, 2.24) is 5.32 Å². The summed E-state index contributed by atoms with van der Waals surface area (Å²) in [7, 11) is 0. The minimum absolute atomic E-state index is 0.221. The summed E-state index contributed by atoms with van der Waals surface area (Å²) >= 11 is 0. The molecular weight excluding hydrogens is 350 g/mol. The highest BCUT2D eigenvalue weighted by molar-refractivity contribution is 6.07. The van der Waals surface area contributed by atoms with Crippen LogP contribution < -0.4 is 10.6 Å². The SMILES string of the molecule is O=C(Nc1ccccc1C(=O)NCc1ccccc1)c1ccc([N+](=O)[O-])o1. The van der Waals surface area contributed by atoms with E-state index in [1.54, 1.807) is 24.3 Å². The Morgan fingerprint density at radius 2 is 1.63 bits per heavy atom. The number of carbonyl (C=O) groups excluding carboxylic acids is 2. The van der Waals surface area contributed by atoms with E-state index in [0.717, 1.165) is 11.6 Å². The quantitative estimate of drug-likeness (QED) is 0.513.